The smallest absolute Gasteiger partial charge is 0.304 e. The molecule has 6 heteroatoms. The maximum Gasteiger partial charge on any atom is 0.304 e. The van der Waals surface area contributed by atoms with E-state index < -0.39 is 23.6 Å². The molecule has 1 rings (SSSR count). The van der Waals surface area contributed by atoms with Crippen molar-refractivity contribution < 1.29 is 23.8 Å². The van der Waals surface area contributed by atoms with E-state index in [4.69, 9.17) is 9.84 Å². The van der Waals surface area contributed by atoms with Gasteiger partial charge in [-0.05, 0) is 12.1 Å². The predicted octanol–water partition coefficient (Wildman–Crippen LogP) is 1.91. The first-order valence-electron chi connectivity index (χ1n) is 5.69. The molecule has 0 aliphatic heterocycles. The van der Waals surface area contributed by atoms with Gasteiger partial charge < -0.3 is 14.7 Å². The van der Waals surface area contributed by atoms with E-state index in [-0.39, 0.29) is 12.1 Å². The summed E-state index contributed by atoms with van der Waals surface area (Å²) in [6.07, 6.45) is -0.277. The van der Waals surface area contributed by atoms with Crippen molar-refractivity contribution in [3.05, 3.63) is 24.0 Å². The van der Waals surface area contributed by atoms with Crippen molar-refractivity contribution in [2.75, 3.05) is 19.1 Å². The van der Waals surface area contributed by atoms with Gasteiger partial charge in [0.15, 0.2) is 0 Å². The number of carboxylic acid groups (broad SMARTS) is 1. The molecule has 1 amide bonds. The Labute approximate surface area is 110 Å². The third-order valence-corrected chi connectivity index (χ3v) is 2.74. The number of aliphatic carboxylic acids is 1. The number of carboxylic acids is 1. The standard InChI is InChI=1S/C13H16FNO4/c1-8(6-12(16)17)13(18)15(2)10-7-9(14)4-5-11(10)19-3/h4-5,7-8H,6H2,1-3H3,(H,16,17). The molecular weight excluding hydrogens is 253 g/mol. The fraction of sp³-hybridized carbons (Fsp3) is 0.385. The molecule has 1 N–H and O–H groups in total. The van der Waals surface area contributed by atoms with Crippen molar-refractivity contribution in [1.29, 1.82) is 0 Å². The lowest BCUT2D eigenvalue weighted by Gasteiger charge is -2.22. The van der Waals surface area contributed by atoms with Crippen LogP contribution >= 0.6 is 0 Å². The minimum atomic E-state index is -1.06. The number of hydrogen-bond acceptors (Lipinski definition) is 3. The van der Waals surface area contributed by atoms with E-state index in [1.807, 2.05) is 0 Å². The number of hydrogen-bond donors (Lipinski definition) is 1. The first-order chi connectivity index (χ1) is 8.86. The first kappa shape index (κ1) is 14.9. The fourth-order valence-corrected chi connectivity index (χ4v) is 1.72. The fourth-order valence-electron chi connectivity index (χ4n) is 1.72. The summed E-state index contributed by atoms with van der Waals surface area (Å²) < 4.78 is 18.3. The molecule has 5 nitrogen and oxygen atoms in total. The maximum atomic E-state index is 13.2. The van der Waals surface area contributed by atoms with Gasteiger partial charge in [0.25, 0.3) is 0 Å². The molecule has 0 bridgehead atoms. The molecule has 0 heterocycles. The Bertz CT molecular complexity index is 490. The van der Waals surface area contributed by atoms with Gasteiger partial charge in [-0.3, -0.25) is 9.59 Å². The number of carbonyl (C=O) groups excluding carboxylic acids is 1. The summed E-state index contributed by atoms with van der Waals surface area (Å²) in [5.41, 5.74) is 0.268. The summed E-state index contributed by atoms with van der Waals surface area (Å²) >= 11 is 0. The highest BCUT2D eigenvalue weighted by Crippen LogP contribution is 2.29. The van der Waals surface area contributed by atoms with Crippen molar-refractivity contribution in [3.8, 4) is 5.75 Å². The van der Waals surface area contributed by atoms with Crippen molar-refractivity contribution in [2.45, 2.75) is 13.3 Å². The zero-order chi connectivity index (χ0) is 14.6. The molecule has 0 radical (unpaired) electrons. The zero-order valence-corrected chi connectivity index (χ0v) is 11.0. The molecule has 1 aromatic rings. The molecule has 1 unspecified atom stereocenters. The number of carbonyl (C=O) groups is 2. The van der Waals surface area contributed by atoms with Crippen LogP contribution in [0.3, 0.4) is 0 Å². The van der Waals surface area contributed by atoms with Crippen LogP contribution < -0.4 is 9.64 Å². The molecule has 104 valence electrons. The number of rotatable bonds is 5. The number of anilines is 1. The SMILES string of the molecule is COc1ccc(F)cc1N(C)C(=O)C(C)CC(=O)O. The van der Waals surface area contributed by atoms with Crippen molar-refractivity contribution >= 4 is 17.6 Å². The van der Waals surface area contributed by atoms with Gasteiger partial charge in [0.2, 0.25) is 5.91 Å². The van der Waals surface area contributed by atoms with Gasteiger partial charge >= 0.3 is 5.97 Å². The number of halogens is 1. The molecule has 1 aromatic carbocycles. The van der Waals surface area contributed by atoms with Gasteiger partial charge in [0.05, 0.1) is 19.2 Å². The minimum absolute atomic E-state index is 0.268. The van der Waals surface area contributed by atoms with Crippen LogP contribution in [0.25, 0.3) is 0 Å². The summed E-state index contributed by atoms with van der Waals surface area (Å²) in [7, 11) is 2.87. The van der Waals surface area contributed by atoms with Crippen LogP contribution in [0.1, 0.15) is 13.3 Å². The maximum absolute atomic E-state index is 13.2. The molecule has 0 aliphatic carbocycles. The van der Waals surface area contributed by atoms with E-state index in [9.17, 15) is 14.0 Å². The summed E-state index contributed by atoms with van der Waals surface area (Å²) in [6, 6.07) is 3.81. The Morgan fingerprint density at radius 1 is 1.47 bits per heavy atom. The van der Waals surface area contributed by atoms with Crippen LogP contribution in [0, 0.1) is 11.7 Å². The van der Waals surface area contributed by atoms with E-state index in [1.54, 1.807) is 0 Å². The monoisotopic (exact) mass is 269 g/mol. The Morgan fingerprint density at radius 2 is 2.11 bits per heavy atom. The number of nitrogens with zero attached hydrogens (tertiary/aromatic N) is 1. The van der Waals surface area contributed by atoms with Crippen molar-refractivity contribution in [2.24, 2.45) is 5.92 Å². The molecule has 1 atom stereocenters. The second-order valence-electron chi connectivity index (χ2n) is 4.21. The highest BCUT2D eigenvalue weighted by molar-refractivity contribution is 5.97. The molecule has 0 saturated heterocycles. The summed E-state index contributed by atoms with van der Waals surface area (Å²) in [4.78, 5) is 23.8. The summed E-state index contributed by atoms with van der Waals surface area (Å²) in [5, 5.41) is 8.67. The quantitative estimate of drug-likeness (QED) is 0.886. The normalized spacial score (nSPS) is 11.8. The van der Waals surface area contributed by atoms with Gasteiger partial charge in [-0.2, -0.15) is 0 Å². The van der Waals surface area contributed by atoms with E-state index in [2.05, 4.69) is 0 Å². The average molecular weight is 269 g/mol. The average Bonchev–Trinajstić information content (AvgIpc) is 2.36. The highest BCUT2D eigenvalue weighted by atomic mass is 19.1. The first-order valence-corrected chi connectivity index (χ1v) is 5.69. The number of amides is 1. The predicted molar refractivity (Wildman–Crippen MR) is 67.8 cm³/mol. The molecule has 0 spiro atoms. The van der Waals surface area contributed by atoms with Crippen LogP contribution in [0.5, 0.6) is 5.75 Å². The Balaban J connectivity index is 2.99. The van der Waals surface area contributed by atoms with Crippen molar-refractivity contribution in [3.63, 3.8) is 0 Å². The molecular formula is C13H16FNO4. The topological polar surface area (TPSA) is 66.8 Å². The van der Waals surface area contributed by atoms with Crippen LogP contribution in [-0.4, -0.2) is 31.1 Å². The van der Waals surface area contributed by atoms with E-state index >= 15 is 0 Å². The molecule has 0 saturated carbocycles. The van der Waals surface area contributed by atoms with E-state index in [1.165, 1.54) is 44.2 Å². The van der Waals surface area contributed by atoms with Gasteiger partial charge in [-0.25, -0.2) is 4.39 Å². The van der Waals surface area contributed by atoms with Crippen LogP contribution in [0.4, 0.5) is 10.1 Å². The van der Waals surface area contributed by atoms with Gasteiger partial charge in [-0.1, -0.05) is 6.92 Å². The largest absolute Gasteiger partial charge is 0.495 e. The second kappa shape index (κ2) is 6.17. The Morgan fingerprint density at radius 3 is 2.63 bits per heavy atom. The number of ether oxygens (including phenoxy) is 1. The molecule has 0 fully saturated rings. The molecule has 0 aromatic heterocycles. The van der Waals surface area contributed by atoms with Gasteiger partial charge in [0.1, 0.15) is 11.6 Å². The molecule has 19 heavy (non-hydrogen) atoms. The highest BCUT2D eigenvalue weighted by Gasteiger charge is 2.23. The molecule has 0 aliphatic rings. The minimum Gasteiger partial charge on any atom is -0.495 e. The second-order valence-corrected chi connectivity index (χ2v) is 4.21. The van der Waals surface area contributed by atoms with E-state index in [0.717, 1.165) is 0 Å². The lowest BCUT2D eigenvalue weighted by Crippen LogP contribution is -2.33. The Hall–Kier alpha value is -2.11. The lowest BCUT2D eigenvalue weighted by atomic mass is 10.1. The lowest BCUT2D eigenvalue weighted by molar-refractivity contribution is -0.140. The van der Waals surface area contributed by atoms with Gasteiger partial charge in [-0.15, -0.1) is 0 Å². The number of methoxy groups -OCH3 is 1. The Kier molecular flexibility index (Phi) is 4.86. The zero-order valence-electron chi connectivity index (χ0n) is 11.0. The summed E-state index contributed by atoms with van der Waals surface area (Å²) in [5.74, 6) is -2.32. The third-order valence-electron chi connectivity index (χ3n) is 2.74. The van der Waals surface area contributed by atoms with Crippen LogP contribution in [-0.2, 0) is 9.59 Å². The number of benzene rings is 1. The van der Waals surface area contributed by atoms with Crippen molar-refractivity contribution in [1.82, 2.24) is 0 Å². The van der Waals surface area contributed by atoms with Crippen LogP contribution in [0.2, 0.25) is 0 Å². The van der Waals surface area contributed by atoms with Crippen LogP contribution in [0.15, 0.2) is 18.2 Å². The van der Waals surface area contributed by atoms with Gasteiger partial charge in [0, 0.05) is 19.0 Å². The third kappa shape index (κ3) is 3.67. The summed E-state index contributed by atoms with van der Waals surface area (Å²) in [6.45, 7) is 1.51. The van der Waals surface area contributed by atoms with E-state index in [0.29, 0.717) is 5.75 Å².